The molecule has 132 valence electrons. The zero-order valence-electron chi connectivity index (χ0n) is 13.5. The molecule has 1 atom stereocenters. The number of allylic oxidation sites excluding steroid dienone is 1. The second-order valence-corrected chi connectivity index (χ2v) is 8.40. The number of amides is 2. The Morgan fingerprint density at radius 3 is 2.81 bits per heavy atom. The molecule has 2 aromatic rings. The summed E-state index contributed by atoms with van der Waals surface area (Å²) in [5.74, 6) is -0.479. The van der Waals surface area contributed by atoms with Crippen LogP contribution in [-0.2, 0) is 9.59 Å². The van der Waals surface area contributed by atoms with Crippen LogP contribution in [0, 0.1) is 11.3 Å². The Labute approximate surface area is 167 Å². The van der Waals surface area contributed by atoms with Crippen LogP contribution >= 0.6 is 39.0 Å². The molecule has 2 N–H and O–H groups in total. The number of thioether (sulfide) groups is 1. The van der Waals surface area contributed by atoms with Crippen molar-refractivity contribution >= 4 is 56.5 Å². The lowest BCUT2D eigenvalue weighted by Gasteiger charge is -2.23. The van der Waals surface area contributed by atoms with E-state index in [1.807, 2.05) is 29.6 Å². The number of benzene rings is 1. The zero-order chi connectivity index (χ0) is 18.5. The molecule has 0 spiro atoms. The number of carbonyl (C=O) groups excluding carboxylic acids is 2. The number of nitriles is 1. The minimum absolute atomic E-state index is 0.105. The van der Waals surface area contributed by atoms with E-state index >= 15 is 0 Å². The molecular weight excluding hydrogens is 434 g/mol. The lowest BCUT2D eigenvalue weighted by atomic mass is 9.93. The van der Waals surface area contributed by atoms with Gasteiger partial charge in [-0.05, 0) is 35.7 Å². The molecule has 0 radical (unpaired) electrons. The second kappa shape index (κ2) is 8.54. The van der Waals surface area contributed by atoms with Crippen molar-refractivity contribution in [2.24, 2.45) is 0 Å². The van der Waals surface area contributed by atoms with Crippen molar-refractivity contribution in [2.75, 3.05) is 11.1 Å². The lowest BCUT2D eigenvalue weighted by molar-refractivity contribution is -0.121. The SMILES string of the molecule is N#CC1=C(SCC(=O)Nc2ccc(Br)cc2)NC(=O)C[C@@H]1c1cccs1. The fourth-order valence-corrected chi connectivity index (χ4v) is 4.51. The van der Waals surface area contributed by atoms with Gasteiger partial charge < -0.3 is 10.6 Å². The lowest BCUT2D eigenvalue weighted by Crippen LogP contribution is -2.31. The normalized spacial score (nSPS) is 16.8. The van der Waals surface area contributed by atoms with Gasteiger partial charge in [-0.15, -0.1) is 11.3 Å². The summed E-state index contributed by atoms with van der Waals surface area (Å²) in [5.41, 5.74) is 1.20. The van der Waals surface area contributed by atoms with Gasteiger partial charge in [0.25, 0.3) is 0 Å². The number of nitrogens with zero attached hydrogens (tertiary/aromatic N) is 1. The topological polar surface area (TPSA) is 82.0 Å². The molecule has 1 aromatic carbocycles. The molecule has 2 heterocycles. The quantitative estimate of drug-likeness (QED) is 0.718. The molecule has 2 amide bonds. The van der Waals surface area contributed by atoms with E-state index in [2.05, 4.69) is 32.6 Å². The third-order valence-electron chi connectivity index (χ3n) is 3.72. The number of halogens is 1. The van der Waals surface area contributed by atoms with E-state index in [-0.39, 0.29) is 29.9 Å². The van der Waals surface area contributed by atoms with Crippen LogP contribution < -0.4 is 10.6 Å². The van der Waals surface area contributed by atoms with E-state index in [1.54, 1.807) is 12.1 Å². The van der Waals surface area contributed by atoms with Crippen LogP contribution in [0.2, 0.25) is 0 Å². The highest BCUT2D eigenvalue weighted by molar-refractivity contribution is 9.10. The summed E-state index contributed by atoms with van der Waals surface area (Å²) >= 11 is 6.04. The van der Waals surface area contributed by atoms with Gasteiger partial charge in [0.05, 0.1) is 22.4 Å². The Kier molecular flexibility index (Phi) is 6.14. The predicted octanol–water partition coefficient (Wildman–Crippen LogP) is 4.22. The van der Waals surface area contributed by atoms with Crippen molar-refractivity contribution in [3.8, 4) is 6.07 Å². The van der Waals surface area contributed by atoms with Gasteiger partial charge in [-0.25, -0.2) is 0 Å². The molecule has 3 rings (SSSR count). The molecule has 0 unspecified atom stereocenters. The Morgan fingerprint density at radius 1 is 1.38 bits per heavy atom. The average Bonchev–Trinajstić information content (AvgIpc) is 3.16. The minimum Gasteiger partial charge on any atom is -0.325 e. The number of anilines is 1. The molecule has 0 saturated heterocycles. The van der Waals surface area contributed by atoms with Gasteiger partial charge in [0.15, 0.2) is 0 Å². The summed E-state index contributed by atoms with van der Waals surface area (Å²) in [7, 11) is 0. The van der Waals surface area contributed by atoms with E-state index in [4.69, 9.17) is 0 Å². The Bertz CT molecular complexity index is 886. The van der Waals surface area contributed by atoms with E-state index < -0.39 is 0 Å². The van der Waals surface area contributed by atoms with Crippen LogP contribution in [0.5, 0.6) is 0 Å². The molecule has 1 aliphatic heterocycles. The van der Waals surface area contributed by atoms with Gasteiger partial charge in [0.2, 0.25) is 11.8 Å². The van der Waals surface area contributed by atoms with Crippen molar-refractivity contribution in [1.29, 1.82) is 5.26 Å². The Hall–Kier alpha value is -2.08. The molecule has 1 aromatic heterocycles. The maximum absolute atomic E-state index is 12.2. The van der Waals surface area contributed by atoms with Gasteiger partial charge >= 0.3 is 0 Å². The molecule has 26 heavy (non-hydrogen) atoms. The zero-order valence-corrected chi connectivity index (χ0v) is 16.7. The summed E-state index contributed by atoms with van der Waals surface area (Å²) in [5, 5.41) is 17.5. The van der Waals surface area contributed by atoms with Crippen LogP contribution in [0.15, 0.2) is 56.9 Å². The van der Waals surface area contributed by atoms with Crippen LogP contribution in [-0.4, -0.2) is 17.6 Å². The maximum atomic E-state index is 12.2. The van der Waals surface area contributed by atoms with Crippen LogP contribution in [0.4, 0.5) is 5.69 Å². The van der Waals surface area contributed by atoms with E-state index in [9.17, 15) is 14.9 Å². The van der Waals surface area contributed by atoms with E-state index in [1.165, 1.54) is 23.1 Å². The maximum Gasteiger partial charge on any atom is 0.234 e. The first-order valence-electron chi connectivity index (χ1n) is 7.72. The second-order valence-electron chi connectivity index (χ2n) is 5.52. The van der Waals surface area contributed by atoms with E-state index in [0.29, 0.717) is 16.3 Å². The van der Waals surface area contributed by atoms with Crippen molar-refractivity contribution in [2.45, 2.75) is 12.3 Å². The van der Waals surface area contributed by atoms with Crippen LogP contribution in [0.1, 0.15) is 17.2 Å². The number of hydrogen-bond acceptors (Lipinski definition) is 5. The Balaban J connectivity index is 1.70. The summed E-state index contributed by atoms with van der Waals surface area (Å²) < 4.78 is 0.929. The van der Waals surface area contributed by atoms with Gasteiger partial charge in [0.1, 0.15) is 0 Å². The fraction of sp³-hybridized carbons (Fsp3) is 0.167. The molecule has 8 heteroatoms. The molecular formula is C18H14BrN3O2S2. The number of hydrogen-bond donors (Lipinski definition) is 2. The third kappa shape index (κ3) is 4.55. The largest absolute Gasteiger partial charge is 0.325 e. The van der Waals surface area contributed by atoms with Crippen LogP contribution in [0.3, 0.4) is 0 Å². The number of nitrogens with one attached hydrogen (secondary N) is 2. The highest BCUT2D eigenvalue weighted by Crippen LogP contribution is 2.37. The molecule has 0 fully saturated rings. The van der Waals surface area contributed by atoms with Crippen molar-refractivity contribution in [3.05, 3.63) is 61.7 Å². The summed E-state index contributed by atoms with van der Waals surface area (Å²) in [6.07, 6.45) is 0.249. The fourth-order valence-electron chi connectivity index (χ4n) is 2.53. The smallest absolute Gasteiger partial charge is 0.234 e. The first-order valence-corrected chi connectivity index (χ1v) is 10.4. The van der Waals surface area contributed by atoms with Gasteiger partial charge in [-0.2, -0.15) is 5.26 Å². The standard InChI is InChI=1S/C18H14BrN3O2S2/c19-11-3-5-12(6-4-11)21-17(24)10-26-18-14(9-20)13(8-16(23)22-18)15-2-1-7-25-15/h1-7,13H,8,10H2,(H,21,24)(H,22,23)/t13-/m0/s1. The monoisotopic (exact) mass is 447 g/mol. The van der Waals surface area contributed by atoms with Gasteiger partial charge in [-0.3, -0.25) is 9.59 Å². The molecule has 0 saturated carbocycles. The van der Waals surface area contributed by atoms with Crippen LogP contribution in [0.25, 0.3) is 0 Å². The Morgan fingerprint density at radius 2 is 2.15 bits per heavy atom. The number of thiophene rings is 1. The molecule has 1 aliphatic rings. The van der Waals surface area contributed by atoms with E-state index in [0.717, 1.165) is 9.35 Å². The molecule has 0 bridgehead atoms. The first-order chi connectivity index (χ1) is 12.6. The molecule has 5 nitrogen and oxygen atoms in total. The van der Waals surface area contributed by atoms with Crippen molar-refractivity contribution < 1.29 is 9.59 Å². The number of rotatable bonds is 5. The van der Waals surface area contributed by atoms with Crippen molar-refractivity contribution in [3.63, 3.8) is 0 Å². The average molecular weight is 448 g/mol. The van der Waals surface area contributed by atoms with Crippen molar-refractivity contribution in [1.82, 2.24) is 5.32 Å². The predicted molar refractivity (Wildman–Crippen MR) is 108 cm³/mol. The minimum atomic E-state index is -0.245. The third-order valence-corrected chi connectivity index (χ3v) is 6.25. The highest BCUT2D eigenvalue weighted by Gasteiger charge is 2.30. The van der Waals surface area contributed by atoms with Gasteiger partial charge in [-0.1, -0.05) is 33.8 Å². The summed E-state index contributed by atoms with van der Waals surface area (Å²) in [4.78, 5) is 25.2. The highest BCUT2D eigenvalue weighted by atomic mass is 79.9. The number of carbonyl (C=O) groups is 2. The summed E-state index contributed by atoms with van der Waals surface area (Å²) in [6.45, 7) is 0. The van der Waals surface area contributed by atoms with Gasteiger partial charge in [0, 0.05) is 27.4 Å². The molecule has 0 aliphatic carbocycles. The summed E-state index contributed by atoms with van der Waals surface area (Å²) in [6, 6.07) is 13.3. The first kappa shape index (κ1) is 18.7.